The van der Waals surface area contributed by atoms with Gasteiger partial charge in [0.15, 0.2) is 0 Å². The molecule has 0 bridgehead atoms. The molecule has 1 rings (SSSR count). The van der Waals surface area contributed by atoms with Gasteiger partial charge in [0, 0.05) is 18.8 Å². The molecule has 0 amide bonds. The molecular weight excluding hydrogens is 233 g/mol. The molecule has 0 unspecified atom stereocenters. The molecule has 0 atom stereocenters. The molecule has 0 saturated carbocycles. The number of hydrogen-bond acceptors (Lipinski definition) is 3. The molecule has 0 spiro atoms. The summed E-state index contributed by atoms with van der Waals surface area (Å²) in [7, 11) is 0. The van der Waals surface area contributed by atoms with Crippen LogP contribution < -0.4 is 10.1 Å². The van der Waals surface area contributed by atoms with E-state index in [1.807, 2.05) is 6.92 Å². The number of alkyl halides is 3. The lowest BCUT2D eigenvalue weighted by atomic mass is 10.4. The molecule has 0 aliphatic carbocycles. The van der Waals surface area contributed by atoms with Crippen molar-refractivity contribution in [1.29, 1.82) is 0 Å². The van der Waals surface area contributed by atoms with Gasteiger partial charge in [0.25, 0.3) is 0 Å². The minimum absolute atomic E-state index is 0.374. The highest BCUT2D eigenvalue weighted by molar-refractivity contribution is 5.40. The quantitative estimate of drug-likeness (QED) is 0.839. The van der Waals surface area contributed by atoms with Gasteiger partial charge in [-0.15, -0.1) is 0 Å². The second-order valence-corrected chi connectivity index (χ2v) is 3.52. The van der Waals surface area contributed by atoms with Crippen LogP contribution in [0.5, 0.6) is 5.75 Å². The first kappa shape index (κ1) is 13.6. The van der Waals surface area contributed by atoms with Crippen molar-refractivity contribution in [2.24, 2.45) is 0 Å². The Hall–Kier alpha value is -1.46. The van der Waals surface area contributed by atoms with Gasteiger partial charge >= 0.3 is 6.18 Å². The van der Waals surface area contributed by atoms with Crippen molar-refractivity contribution >= 4 is 5.82 Å². The first-order valence-electron chi connectivity index (χ1n) is 5.41. The van der Waals surface area contributed by atoms with E-state index in [1.165, 1.54) is 12.3 Å². The number of halogens is 3. The van der Waals surface area contributed by atoms with E-state index in [9.17, 15) is 13.2 Å². The lowest BCUT2D eigenvalue weighted by molar-refractivity contribution is -0.139. The zero-order chi connectivity index (χ0) is 12.7. The second kappa shape index (κ2) is 6.32. The van der Waals surface area contributed by atoms with Crippen LogP contribution >= 0.6 is 0 Å². The number of aromatic nitrogens is 1. The minimum atomic E-state index is -4.18. The topological polar surface area (TPSA) is 34.1 Å². The zero-order valence-corrected chi connectivity index (χ0v) is 9.55. The van der Waals surface area contributed by atoms with E-state index in [4.69, 9.17) is 4.74 Å². The van der Waals surface area contributed by atoms with Gasteiger partial charge in [0.2, 0.25) is 0 Å². The number of pyridine rings is 1. The van der Waals surface area contributed by atoms with E-state index >= 15 is 0 Å². The molecule has 0 aliphatic heterocycles. The van der Waals surface area contributed by atoms with Crippen LogP contribution in [-0.2, 0) is 0 Å². The first-order chi connectivity index (χ1) is 8.01. The summed E-state index contributed by atoms with van der Waals surface area (Å²) in [5.74, 6) is 0.999. The Morgan fingerprint density at radius 3 is 2.82 bits per heavy atom. The van der Waals surface area contributed by atoms with Crippen LogP contribution in [0, 0.1) is 0 Å². The summed E-state index contributed by atoms with van der Waals surface area (Å²) < 4.78 is 40.7. The Morgan fingerprint density at radius 2 is 2.18 bits per heavy atom. The molecule has 96 valence electrons. The summed E-state index contributed by atoms with van der Waals surface area (Å²) >= 11 is 0. The Morgan fingerprint density at radius 1 is 1.41 bits per heavy atom. The van der Waals surface area contributed by atoms with Crippen LogP contribution in [0.1, 0.15) is 19.8 Å². The van der Waals surface area contributed by atoms with Crippen molar-refractivity contribution < 1.29 is 17.9 Å². The molecule has 1 aromatic rings. The normalized spacial score (nSPS) is 11.3. The second-order valence-electron chi connectivity index (χ2n) is 3.52. The first-order valence-corrected chi connectivity index (χ1v) is 5.41. The summed E-state index contributed by atoms with van der Waals surface area (Å²) in [5.41, 5.74) is 0. The average molecular weight is 248 g/mol. The third kappa shape index (κ3) is 5.99. The molecule has 1 aromatic heterocycles. The fourth-order valence-corrected chi connectivity index (χ4v) is 1.14. The standard InChI is InChI=1S/C11H15F3N2O/c1-2-5-15-10-8-9(3-6-16-10)17-7-4-11(12,13)14/h3,6,8H,2,4-5,7H2,1H3,(H,15,16). The molecule has 3 nitrogen and oxygen atoms in total. The van der Waals surface area contributed by atoms with Gasteiger partial charge in [0.1, 0.15) is 11.6 Å². The summed E-state index contributed by atoms with van der Waals surface area (Å²) in [5, 5.41) is 3.03. The number of hydrogen-bond donors (Lipinski definition) is 1. The number of anilines is 1. The number of nitrogens with one attached hydrogen (secondary N) is 1. The highest BCUT2D eigenvalue weighted by atomic mass is 19.4. The van der Waals surface area contributed by atoms with Crippen molar-refractivity contribution in [3.8, 4) is 5.75 Å². The van der Waals surface area contributed by atoms with Crippen molar-refractivity contribution in [2.75, 3.05) is 18.5 Å². The molecule has 0 aliphatic rings. The monoisotopic (exact) mass is 248 g/mol. The van der Waals surface area contributed by atoms with Crippen LogP contribution in [0.15, 0.2) is 18.3 Å². The molecule has 0 fully saturated rings. The Balaban J connectivity index is 2.43. The SMILES string of the molecule is CCCNc1cc(OCCC(F)(F)F)ccn1. The molecule has 1 heterocycles. The van der Waals surface area contributed by atoms with Crippen molar-refractivity contribution in [2.45, 2.75) is 25.9 Å². The summed E-state index contributed by atoms with van der Waals surface area (Å²) in [6, 6.07) is 3.12. The molecular formula is C11H15F3N2O. The van der Waals surface area contributed by atoms with E-state index in [2.05, 4.69) is 10.3 Å². The Labute approximate surface area is 98.0 Å². The highest BCUT2D eigenvalue weighted by Gasteiger charge is 2.26. The van der Waals surface area contributed by atoms with Crippen LogP contribution in [-0.4, -0.2) is 24.3 Å². The van der Waals surface area contributed by atoms with E-state index in [0.29, 0.717) is 11.6 Å². The van der Waals surface area contributed by atoms with E-state index in [-0.39, 0.29) is 6.61 Å². The van der Waals surface area contributed by atoms with Gasteiger partial charge in [-0.1, -0.05) is 6.92 Å². The van der Waals surface area contributed by atoms with E-state index in [0.717, 1.165) is 13.0 Å². The molecule has 6 heteroatoms. The number of ether oxygens (including phenoxy) is 1. The van der Waals surface area contributed by atoms with Crippen molar-refractivity contribution in [3.63, 3.8) is 0 Å². The van der Waals surface area contributed by atoms with Crippen LogP contribution in [0.25, 0.3) is 0 Å². The van der Waals surface area contributed by atoms with Crippen LogP contribution in [0.2, 0.25) is 0 Å². The van der Waals surface area contributed by atoms with Crippen LogP contribution in [0.3, 0.4) is 0 Å². The van der Waals surface area contributed by atoms with Crippen molar-refractivity contribution in [3.05, 3.63) is 18.3 Å². The Bertz CT molecular complexity index is 342. The van der Waals surface area contributed by atoms with E-state index < -0.39 is 12.6 Å². The third-order valence-corrected chi connectivity index (χ3v) is 1.94. The maximum Gasteiger partial charge on any atom is 0.392 e. The Kier molecular flexibility index (Phi) is 5.06. The van der Waals surface area contributed by atoms with Gasteiger partial charge in [0.05, 0.1) is 13.0 Å². The fraction of sp³-hybridized carbons (Fsp3) is 0.545. The zero-order valence-electron chi connectivity index (χ0n) is 9.55. The summed E-state index contributed by atoms with van der Waals surface area (Å²) in [6.45, 7) is 2.40. The third-order valence-electron chi connectivity index (χ3n) is 1.94. The predicted octanol–water partition coefficient (Wildman–Crippen LogP) is 3.23. The number of rotatable bonds is 6. The average Bonchev–Trinajstić information content (AvgIpc) is 2.25. The van der Waals surface area contributed by atoms with Gasteiger partial charge in [-0.05, 0) is 12.5 Å². The smallest absolute Gasteiger partial charge is 0.392 e. The molecule has 1 N–H and O–H groups in total. The molecule has 17 heavy (non-hydrogen) atoms. The summed E-state index contributed by atoms with van der Waals surface area (Å²) in [4.78, 5) is 4.02. The largest absolute Gasteiger partial charge is 0.493 e. The van der Waals surface area contributed by atoms with Gasteiger partial charge in [-0.25, -0.2) is 4.98 Å². The molecule has 0 radical (unpaired) electrons. The lowest BCUT2D eigenvalue weighted by Crippen LogP contribution is -2.13. The van der Waals surface area contributed by atoms with Gasteiger partial charge in [-0.3, -0.25) is 0 Å². The van der Waals surface area contributed by atoms with Gasteiger partial charge < -0.3 is 10.1 Å². The maximum atomic E-state index is 11.9. The van der Waals surface area contributed by atoms with Crippen LogP contribution in [0.4, 0.5) is 19.0 Å². The highest BCUT2D eigenvalue weighted by Crippen LogP contribution is 2.21. The summed E-state index contributed by atoms with van der Waals surface area (Å²) in [6.07, 6.45) is -2.69. The fourth-order valence-electron chi connectivity index (χ4n) is 1.14. The maximum absolute atomic E-state index is 11.9. The van der Waals surface area contributed by atoms with Gasteiger partial charge in [-0.2, -0.15) is 13.2 Å². The minimum Gasteiger partial charge on any atom is -0.493 e. The lowest BCUT2D eigenvalue weighted by Gasteiger charge is -2.09. The molecule has 0 saturated heterocycles. The number of nitrogens with zero attached hydrogens (tertiary/aromatic N) is 1. The molecule has 0 aromatic carbocycles. The van der Waals surface area contributed by atoms with Crippen molar-refractivity contribution in [1.82, 2.24) is 4.98 Å². The van der Waals surface area contributed by atoms with E-state index in [1.54, 1.807) is 6.07 Å². The predicted molar refractivity (Wildman–Crippen MR) is 59.2 cm³/mol.